The van der Waals surface area contributed by atoms with E-state index < -0.39 is 0 Å². The number of methoxy groups -OCH3 is 1. The monoisotopic (exact) mass is 318 g/mol. The van der Waals surface area contributed by atoms with E-state index >= 15 is 0 Å². The van der Waals surface area contributed by atoms with Crippen molar-refractivity contribution in [1.82, 2.24) is 10.6 Å². The van der Waals surface area contributed by atoms with Crippen molar-refractivity contribution in [2.75, 3.05) is 7.11 Å². The lowest BCUT2D eigenvalue weighted by Gasteiger charge is -2.16. The van der Waals surface area contributed by atoms with Gasteiger partial charge in [-0.05, 0) is 30.5 Å². The Morgan fingerprint density at radius 2 is 1.70 bits per heavy atom. The first-order valence-corrected chi connectivity index (χ1v) is 8.36. The molecule has 0 atom stereocenters. The summed E-state index contributed by atoms with van der Waals surface area (Å²) < 4.78 is 5.09. The molecule has 23 heavy (non-hydrogen) atoms. The summed E-state index contributed by atoms with van der Waals surface area (Å²) in [5.74, 6) is 0.360. The summed E-state index contributed by atoms with van der Waals surface area (Å²) in [5.41, 5.74) is 0.975. The van der Waals surface area contributed by atoms with Crippen molar-refractivity contribution >= 4 is 11.8 Å². The van der Waals surface area contributed by atoms with E-state index in [1.165, 1.54) is 12.8 Å². The molecule has 2 amide bonds. The van der Waals surface area contributed by atoms with Crippen LogP contribution in [0.4, 0.5) is 0 Å². The highest BCUT2D eigenvalue weighted by Gasteiger charge is 2.16. The van der Waals surface area contributed by atoms with Crippen LogP contribution in [0.15, 0.2) is 24.3 Å². The fraction of sp³-hybridized carbons (Fsp3) is 0.556. The first-order valence-electron chi connectivity index (χ1n) is 8.36. The average molecular weight is 318 g/mol. The molecule has 0 saturated heterocycles. The SMILES string of the molecule is COc1ccc(CNC(=O)CC(=O)NC2CCCCCC2)cc1. The topological polar surface area (TPSA) is 67.4 Å². The van der Waals surface area contributed by atoms with Crippen LogP contribution < -0.4 is 15.4 Å². The molecule has 0 aromatic heterocycles. The Balaban J connectivity index is 1.69. The molecule has 2 rings (SSSR count). The number of rotatable bonds is 6. The highest BCUT2D eigenvalue weighted by Crippen LogP contribution is 2.17. The Morgan fingerprint density at radius 3 is 2.30 bits per heavy atom. The molecule has 0 bridgehead atoms. The van der Waals surface area contributed by atoms with Crippen LogP contribution in [0.5, 0.6) is 5.75 Å². The van der Waals surface area contributed by atoms with E-state index in [9.17, 15) is 9.59 Å². The molecule has 1 aliphatic carbocycles. The molecule has 2 N–H and O–H groups in total. The third-order valence-electron chi connectivity index (χ3n) is 4.19. The molecule has 0 aliphatic heterocycles. The number of carbonyl (C=O) groups excluding carboxylic acids is 2. The molecule has 126 valence electrons. The smallest absolute Gasteiger partial charge is 0.229 e. The average Bonchev–Trinajstić information content (AvgIpc) is 2.82. The van der Waals surface area contributed by atoms with Gasteiger partial charge >= 0.3 is 0 Å². The zero-order valence-corrected chi connectivity index (χ0v) is 13.8. The van der Waals surface area contributed by atoms with Crippen molar-refractivity contribution < 1.29 is 14.3 Å². The van der Waals surface area contributed by atoms with Crippen LogP contribution in [-0.4, -0.2) is 25.0 Å². The van der Waals surface area contributed by atoms with Gasteiger partial charge in [0.15, 0.2) is 0 Å². The zero-order chi connectivity index (χ0) is 16.5. The maximum Gasteiger partial charge on any atom is 0.229 e. The van der Waals surface area contributed by atoms with E-state index in [1.807, 2.05) is 24.3 Å². The van der Waals surface area contributed by atoms with E-state index in [1.54, 1.807) is 7.11 Å². The summed E-state index contributed by atoms with van der Waals surface area (Å²) >= 11 is 0. The molecule has 1 aliphatic rings. The maximum absolute atomic E-state index is 11.9. The number of carbonyl (C=O) groups is 2. The summed E-state index contributed by atoms with van der Waals surface area (Å²) in [6, 6.07) is 7.72. The maximum atomic E-state index is 11.9. The van der Waals surface area contributed by atoms with Crippen LogP contribution >= 0.6 is 0 Å². The summed E-state index contributed by atoms with van der Waals surface area (Å²) in [6.07, 6.45) is 6.76. The Kier molecular flexibility index (Phi) is 6.91. The highest BCUT2D eigenvalue weighted by atomic mass is 16.5. The first-order chi connectivity index (χ1) is 11.2. The van der Waals surface area contributed by atoms with Gasteiger partial charge in [0.2, 0.25) is 11.8 Å². The largest absolute Gasteiger partial charge is 0.497 e. The molecular weight excluding hydrogens is 292 g/mol. The Morgan fingerprint density at radius 1 is 1.04 bits per heavy atom. The van der Waals surface area contributed by atoms with Gasteiger partial charge in [-0.3, -0.25) is 9.59 Å². The molecule has 0 spiro atoms. The van der Waals surface area contributed by atoms with Crippen molar-refractivity contribution in [1.29, 1.82) is 0 Å². The van der Waals surface area contributed by atoms with Gasteiger partial charge < -0.3 is 15.4 Å². The summed E-state index contributed by atoms with van der Waals surface area (Å²) in [6.45, 7) is 0.416. The minimum atomic E-state index is -0.244. The number of ether oxygens (including phenoxy) is 1. The Labute approximate surface area is 137 Å². The zero-order valence-electron chi connectivity index (χ0n) is 13.8. The van der Waals surface area contributed by atoms with Crippen molar-refractivity contribution in [3.63, 3.8) is 0 Å². The van der Waals surface area contributed by atoms with E-state index in [0.717, 1.165) is 37.0 Å². The van der Waals surface area contributed by atoms with Crippen molar-refractivity contribution in [3.05, 3.63) is 29.8 Å². The quantitative estimate of drug-likeness (QED) is 0.626. The van der Waals surface area contributed by atoms with Gasteiger partial charge in [0.1, 0.15) is 12.2 Å². The summed E-state index contributed by atoms with van der Waals surface area (Å²) in [5, 5.41) is 5.76. The van der Waals surface area contributed by atoms with Gasteiger partial charge in [0, 0.05) is 12.6 Å². The molecular formula is C18H26N2O3. The minimum Gasteiger partial charge on any atom is -0.497 e. The third kappa shape index (κ3) is 6.30. The number of nitrogens with one attached hydrogen (secondary N) is 2. The second-order valence-electron chi connectivity index (χ2n) is 6.06. The molecule has 0 heterocycles. The van der Waals surface area contributed by atoms with Crippen LogP contribution in [0.25, 0.3) is 0 Å². The summed E-state index contributed by atoms with van der Waals surface area (Å²) in [7, 11) is 1.61. The predicted molar refractivity (Wildman–Crippen MR) is 89.1 cm³/mol. The van der Waals surface area contributed by atoms with Crippen LogP contribution in [0.2, 0.25) is 0 Å². The van der Waals surface area contributed by atoms with E-state index in [0.29, 0.717) is 6.54 Å². The van der Waals surface area contributed by atoms with E-state index in [4.69, 9.17) is 4.74 Å². The second-order valence-corrected chi connectivity index (χ2v) is 6.06. The van der Waals surface area contributed by atoms with Gasteiger partial charge in [0.25, 0.3) is 0 Å². The van der Waals surface area contributed by atoms with Crippen LogP contribution in [0, 0.1) is 0 Å². The second kappa shape index (κ2) is 9.18. The first kappa shape index (κ1) is 17.3. The molecule has 5 heteroatoms. The fourth-order valence-electron chi connectivity index (χ4n) is 2.85. The predicted octanol–water partition coefficient (Wildman–Crippen LogP) is 2.54. The standard InChI is InChI=1S/C18H26N2O3/c1-23-16-10-8-14(9-11-16)13-19-17(21)12-18(22)20-15-6-4-2-3-5-7-15/h8-11,15H,2-7,12-13H2,1H3,(H,19,21)(H,20,22). The van der Waals surface area contributed by atoms with E-state index in [2.05, 4.69) is 10.6 Å². The number of benzene rings is 1. The normalized spacial score (nSPS) is 15.5. The van der Waals surface area contributed by atoms with Crippen molar-refractivity contribution in [2.24, 2.45) is 0 Å². The lowest BCUT2D eigenvalue weighted by molar-refractivity contribution is -0.129. The Bertz CT molecular complexity index is 506. The lowest BCUT2D eigenvalue weighted by atomic mass is 10.1. The van der Waals surface area contributed by atoms with Gasteiger partial charge in [-0.1, -0.05) is 37.8 Å². The number of amides is 2. The van der Waals surface area contributed by atoms with Gasteiger partial charge in [-0.2, -0.15) is 0 Å². The van der Waals surface area contributed by atoms with Crippen LogP contribution in [0.1, 0.15) is 50.5 Å². The molecule has 5 nitrogen and oxygen atoms in total. The molecule has 1 fully saturated rings. The van der Waals surface area contributed by atoms with Crippen LogP contribution in [0.3, 0.4) is 0 Å². The van der Waals surface area contributed by atoms with Gasteiger partial charge in [-0.15, -0.1) is 0 Å². The highest BCUT2D eigenvalue weighted by molar-refractivity contribution is 5.96. The van der Waals surface area contributed by atoms with Gasteiger partial charge in [0.05, 0.1) is 7.11 Å². The third-order valence-corrected chi connectivity index (χ3v) is 4.19. The molecule has 1 saturated carbocycles. The van der Waals surface area contributed by atoms with Crippen molar-refractivity contribution in [2.45, 2.75) is 57.5 Å². The van der Waals surface area contributed by atoms with E-state index in [-0.39, 0.29) is 24.3 Å². The van der Waals surface area contributed by atoms with Gasteiger partial charge in [-0.25, -0.2) is 0 Å². The molecule has 0 radical (unpaired) electrons. The van der Waals surface area contributed by atoms with Crippen molar-refractivity contribution in [3.8, 4) is 5.75 Å². The molecule has 0 unspecified atom stereocenters. The van der Waals surface area contributed by atoms with Crippen LogP contribution in [-0.2, 0) is 16.1 Å². The fourth-order valence-corrected chi connectivity index (χ4v) is 2.85. The number of hydrogen-bond acceptors (Lipinski definition) is 3. The Hall–Kier alpha value is -2.04. The summed E-state index contributed by atoms with van der Waals surface area (Å²) in [4.78, 5) is 23.8. The lowest BCUT2D eigenvalue weighted by Crippen LogP contribution is -2.37. The molecule has 1 aromatic carbocycles. The minimum absolute atomic E-state index is 0.105. The molecule has 1 aromatic rings. The number of hydrogen-bond donors (Lipinski definition) is 2.